The van der Waals surface area contributed by atoms with Crippen molar-refractivity contribution in [3.05, 3.63) is 34.6 Å². The Morgan fingerprint density at radius 3 is 2.67 bits per heavy atom. The van der Waals surface area contributed by atoms with Crippen molar-refractivity contribution in [2.45, 2.75) is 19.4 Å². The molecule has 0 bridgehead atoms. The number of hydrogen-bond donors (Lipinski definition) is 1. The van der Waals surface area contributed by atoms with Crippen LogP contribution in [-0.4, -0.2) is 5.11 Å². The van der Waals surface area contributed by atoms with Crippen LogP contribution < -0.4 is 0 Å². The van der Waals surface area contributed by atoms with Crippen LogP contribution in [0, 0.1) is 5.82 Å². The lowest BCUT2D eigenvalue weighted by Crippen LogP contribution is -1.95. The van der Waals surface area contributed by atoms with Crippen molar-refractivity contribution in [3.8, 4) is 0 Å². The first-order valence-corrected chi connectivity index (χ1v) is 4.15. The van der Waals surface area contributed by atoms with E-state index in [0.29, 0.717) is 17.0 Å². The Kier molecular flexibility index (Phi) is 3.06. The molecule has 1 nitrogen and oxygen atoms in total. The molecular formula is C9H10ClFO. The van der Waals surface area contributed by atoms with E-state index >= 15 is 0 Å². The van der Waals surface area contributed by atoms with Gasteiger partial charge < -0.3 is 5.11 Å². The Bertz CT molecular complexity index is 255. The lowest BCUT2D eigenvalue weighted by Gasteiger charge is -2.07. The molecule has 12 heavy (non-hydrogen) atoms. The zero-order chi connectivity index (χ0) is 9.14. The predicted molar refractivity (Wildman–Crippen MR) is 46.7 cm³/mol. The topological polar surface area (TPSA) is 20.2 Å². The van der Waals surface area contributed by atoms with Crippen LogP contribution in [0.5, 0.6) is 0 Å². The Balaban J connectivity index is 3.00. The minimum Gasteiger partial charge on any atom is -0.388 e. The molecule has 0 aliphatic rings. The normalized spacial score (nSPS) is 13.0. The van der Waals surface area contributed by atoms with Crippen molar-refractivity contribution < 1.29 is 9.50 Å². The zero-order valence-corrected chi connectivity index (χ0v) is 7.48. The largest absolute Gasteiger partial charge is 0.388 e. The van der Waals surface area contributed by atoms with Gasteiger partial charge in [-0.15, -0.1) is 0 Å². The molecular weight excluding hydrogens is 179 g/mol. The minimum atomic E-state index is -0.627. The third-order valence-corrected chi connectivity index (χ3v) is 1.87. The fourth-order valence-electron chi connectivity index (χ4n) is 1.00. The molecule has 0 aliphatic carbocycles. The van der Waals surface area contributed by atoms with E-state index in [0.717, 1.165) is 0 Å². The van der Waals surface area contributed by atoms with Crippen LogP contribution >= 0.6 is 11.6 Å². The fourth-order valence-corrected chi connectivity index (χ4v) is 1.23. The van der Waals surface area contributed by atoms with Crippen LogP contribution in [0.1, 0.15) is 25.0 Å². The van der Waals surface area contributed by atoms with Crippen molar-refractivity contribution in [2.24, 2.45) is 0 Å². The highest BCUT2D eigenvalue weighted by molar-refractivity contribution is 6.30. The van der Waals surface area contributed by atoms with E-state index in [-0.39, 0.29) is 0 Å². The third kappa shape index (κ3) is 2.19. The SMILES string of the molecule is CC[C@H](O)c1cc(F)cc(Cl)c1. The molecule has 0 fully saturated rings. The van der Waals surface area contributed by atoms with Gasteiger partial charge >= 0.3 is 0 Å². The maximum Gasteiger partial charge on any atom is 0.125 e. The van der Waals surface area contributed by atoms with Gasteiger partial charge in [-0.1, -0.05) is 18.5 Å². The number of aliphatic hydroxyl groups is 1. The Morgan fingerprint density at radius 2 is 2.17 bits per heavy atom. The highest BCUT2D eigenvalue weighted by atomic mass is 35.5. The summed E-state index contributed by atoms with van der Waals surface area (Å²) in [4.78, 5) is 0. The van der Waals surface area contributed by atoms with Gasteiger partial charge in [0.05, 0.1) is 6.10 Å². The van der Waals surface area contributed by atoms with E-state index in [4.69, 9.17) is 11.6 Å². The van der Waals surface area contributed by atoms with E-state index in [1.54, 1.807) is 6.07 Å². The first-order valence-electron chi connectivity index (χ1n) is 3.77. The Morgan fingerprint density at radius 1 is 1.50 bits per heavy atom. The summed E-state index contributed by atoms with van der Waals surface area (Å²) in [6.45, 7) is 1.82. The average Bonchev–Trinajstić information content (AvgIpc) is 2.01. The van der Waals surface area contributed by atoms with E-state index < -0.39 is 11.9 Å². The molecule has 0 unspecified atom stereocenters. The molecule has 0 aliphatic heterocycles. The van der Waals surface area contributed by atoms with Crippen molar-refractivity contribution in [1.29, 1.82) is 0 Å². The average molecular weight is 189 g/mol. The van der Waals surface area contributed by atoms with Crippen LogP contribution in [0.4, 0.5) is 4.39 Å². The van der Waals surface area contributed by atoms with Gasteiger partial charge in [0.25, 0.3) is 0 Å². The summed E-state index contributed by atoms with van der Waals surface area (Å²) >= 11 is 5.60. The molecule has 1 rings (SSSR count). The van der Waals surface area contributed by atoms with Gasteiger partial charge in [0.15, 0.2) is 0 Å². The minimum absolute atomic E-state index is 0.317. The molecule has 0 radical (unpaired) electrons. The Labute approximate surface area is 75.8 Å². The fraction of sp³-hybridized carbons (Fsp3) is 0.333. The standard InChI is InChI=1S/C9H10ClFO/c1-2-9(12)6-3-7(10)5-8(11)4-6/h3-5,9,12H,2H2,1H3/t9-/m0/s1. The molecule has 66 valence electrons. The second kappa shape index (κ2) is 3.87. The quantitative estimate of drug-likeness (QED) is 0.757. The van der Waals surface area contributed by atoms with Gasteiger partial charge in [-0.25, -0.2) is 4.39 Å². The molecule has 0 aromatic heterocycles. The number of rotatable bonds is 2. The molecule has 3 heteroatoms. The van der Waals surface area contributed by atoms with Crippen LogP contribution in [0.15, 0.2) is 18.2 Å². The lowest BCUT2D eigenvalue weighted by atomic mass is 10.1. The molecule has 1 atom stereocenters. The maximum atomic E-state index is 12.7. The number of aliphatic hydroxyl groups excluding tert-OH is 1. The smallest absolute Gasteiger partial charge is 0.125 e. The summed E-state index contributed by atoms with van der Waals surface area (Å²) in [5, 5.41) is 9.67. The van der Waals surface area contributed by atoms with Gasteiger partial charge in [0.2, 0.25) is 0 Å². The molecule has 0 spiro atoms. The number of benzene rings is 1. The summed E-state index contributed by atoms with van der Waals surface area (Å²) < 4.78 is 12.7. The van der Waals surface area contributed by atoms with E-state index in [1.165, 1.54) is 12.1 Å². The van der Waals surface area contributed by atoms with Crippen molar-refractivity contribution >= 4 is 11.6 Å². The summed E-state index contributed by atoms with van der Waals surface area (Å²) in [5.74, 6) is -0.412. The predicted octanol–water partition coefficient (Wildman–Crippen LogP) is 2.92. The highest BCUT2D eigenvalue weighted by Crippen LogP contribution is 2.21. The van der Waals surface area contributed by atoms with Gasteiger partial charge in [0.1, 0.15) is 5.82 Å². The molecule has 0 saturated carbocycles. The zero-order valence-electron chi connectivity index (χ0n) is 6.72. The summed E-state index contributed by atoms with van der Waals surface area (Å²) in [5.41, 5.74) is 0.530. The van der Waals surface area contributed by atoms with Crippen LogP contribution in [0.25, 0.3) is 0 Å². The first-order chi connectivity index (χ1) is 5.63. The highest BCUT2D eigenvalue weighted by Gasteiger charge is 2.06. The summed E-state index contributed by atoms with van der Waals surface area (Å²) in [6.07, 6.45) is -0.0713. The third-order valence-electron chi connectivity index (χ3n) is 1.66. The molecule has 0 saturated heterocycles. The summed E-state index contributed by atoms with van der Waals surface area (Å²) in [6, 6.07) is 4.08. The van der Waals surface area contributed by atoms with E-state index in [1.807, 2.05) is 6.92 Å². The molecule has 1 aromatic rings. The van der Waals surface area contributed by atoms with Crippen molar-refractivity contribution in [2.75, 3.05) is 0 Å². The molecule has 1 N–H and O–H groups in total. The van der Waals surface area contributed by atoms with Crippen molar-refractivity contribution in [3.63, 3.8) is 0 Å². The van der Waals surface area contributed by atoms with Crippen LogP contribution in [-0.2, 0) is 0 Å². The molecule has 1 aromatic carbocycles. The van der Waals surface area contributed by atoms with Gasteiger partial charge in [0, 0.05) is 5.02 Å². The van der Waals surface area contributed by atoms with Crippen LogP contribution in [0.3, 0.4) is 0 Å². The first kappa shape index (κ1) is 9.49. The number of hydrogen-bond acceptors (Lipinski definition) is 1. The maximum absolute atomic E-state index is 12.7. The van der Waals surface area contributed by atoms with Crippen molar-refractivity contribution in [1.82, 2.24) is 0 Å². The molecule has 0 amide bonds. The van der Waals surface area contributed by atoms with Gasteiger partial charge in [-0.05, 0) is 30.2 Å². The van der Waals surface area contributed by atoms with Crippen LogP contribution in [0.2, 0.25) is 5.02 Å². The van der Waals surface area contributed by atoms with Gasteiger partial charge in [-0.2, -0.15) is 0 Å². The Hall–Kier alpha value is -0.600. The van der Waals surface area contributed by atoms with Gasteiger partial charge in [-0.3, -0.25) is 0 Å². The second-order valence-corrected chi connectivity index (χ2v) is 3.06. The van der Waals surface area contributed by atoms with E-state index in [2.05, 4.69) is 0 Å². The monoisotopic (exact) mass is 188 g/mol. The summed E-state index contributed by atoms with van der Waals surface area (Å²) in [7, 11) is 0. The molecule has 0 heterocycles. The second-order valence-electron chi connectivity index (χ2n) is 2.63. The number of halogens is 2. The van der Waals surface area contributed by atoms with E-state index in [9.17, 15) is 9.50 Å². The lowest BCUT2D eigenvalue weighted by molar-refractivity contribution is 0.173.